The highest BCUT2D eigenvalue weighted by Crippen LogP contribution is 2.03. The Balaban J connectivity index is 2.71. The highest BCUT2D eigenvalue weighted by Gasteiger charge is 2.23. The van der Waals surface area contributed by atoms with Gasteiger partial charge < -0.3 is 21.3 Å². The SMILES string of the molecule is Nc1nonc1C(=O)N[C@@H](CO)C(=O)O. The van der Waals surface area contributed by atoms with Crippen LogP contribution in [0.3, 0.4) is 0 Å². The highest BCUT2D eigenvalue weighted by atomic mass is 16.6. The van der Waals surface area contributed by atoms with E-state index in [-0.39, 0.29) is 11.5 Å². The fraction of sp³-hybridized carbons (Fsp3) is 0.333. The van der Waals surface area contributed by atoms with Crippen LogP contribution in [0.25, 0.3) is 0 Å². The van der Waals surface area contributed by atoms with Crippen molar-refractivity contribution in [2.75, 3.05) is 12.3 Å². The summed E-state index contributed by atoms with van der Waals surface area (Å²) in [5.41, 5.74) is 4.87. The summed E-state index contributed by atoms with van der Waals surface area (Å²) in [6, 6.07) is -1.42. The van der Waals surface area contributed by atoms with Gasteiger partial charge in [-0.2, -0.15) is 0 Å². The lowest BCUT2D eigenvalue weighted by atomic mass is 10.3. The van der Waals surface area contributed by atoms with E-state index in [0.29, 0.717) is 0 Å². The number of nitrogens with two attached hydrogens (primary N) is 1. The van der Waals surface area contributed by atoms with E-state index in [2.05, 4.69) is 14.9 Å². The van der Waals surface area contributed by atoms with E-state index in [1.54, 1.807) is 0 Å². The Labute approximate surface area is 82.8 Å². The number of carbonyl (C=O) groups is 2. The number of nitrogens with one attached hydrogen (secondary N) is 1. The molecule has 0 spiro atoms. The summed E-state index contributed by atoms with van der Waals surface area (Å²) in [5, 5.41) is 25.4. The summed E-state index contributed by atoms with van der Waals surface area (Å²) < 4.78 is 4.15. The second kappa shape index (κ2) is 4.37. The summed E-state index contributed by atoms with van der Waals surface area (Å²) >= 11 is 0. The number of nitrogen functional groups attached to an aromatic ring is 1. The van der Waals surface area contributed by atoms with Gasteiger partial charge in [-0.15, -0.1) is 0 Å². The van der Waals surface area contributed by atoms with Crippen LogP contribution < -0.4 is 11.1 Å². The van der Waals surface area contributed by atoms with Crippen molar-refractivity contribution >= 4 is 17.7 Å². The smallest absolute Gasteiger partial charge is 0.328 e. The van der Waals surface area contributed by atoms with Crippen molar-refractivity contribution in [3.05, 3.63) is 5.69 Å². The van der Waals surface area contributed by atoms with Gasteiger partial charge in [0, 0.05) is 0 Å². The number of carboxylic acid groups (broad SMARTS) is 1. The molecule has 1 aromatic rings. The number of carboxylic acids is 1. The minimum Gasteiger partial charge on any atom is -0.480 e. The first-order valence-electron chi connectivity index (χ1n) is 3.78. The average Bonchev–Trinajstić information content (AvgIpc) is 2.60. The second-order valence-corrected chi connectivity index (χ2v) is 2.54. The fourth-order valence-electron chi connectivity index (χ4n) is 0.765. The van der Waals surface area contributed by atoms with Gasteiger partial charge in [-0.3, -0.25) is 4.79 Å². The normalized spacial score (nSPS) is 12.1. The van der Waals surface area contributed by atoms with E-state index >= 15 is 0 Å². The van der Waals surface area contributed by atoms with Crippen LogP contribution in [0.2, 0.25) is 0 Å². The first-order chi connectivity index (χ1) is 7.06. The minimum absolute atomic E-state index is 0.255. The topological polar surface area (TPSA) is 152 Å². The standard InChI is InChI=1S/C6H8N4O5/c7-4-3(9-15-10-4)5(12)8-2(1-11)6(13)14/h2,11H,1H2,(H2,7,10)(H,8,12)(H,13,14)/t2-/m0/s1. The quantitative estimate of drug-likeness (QED) is 0.443. The molecule has 1 atom stereocenters. The molecule has 1 amide bonds. The highest BCUT2D eigenvalue weighted by molar-refractivity contribution is 5.98. The fourth-order valence-corrected chi connectivity index (χ4v) is 0.765. The van der Waals surface area contributed by atoms with Crippen LogP contribution in [-0.2, 0) is 4.79 Å². The zero-order chi connectivity index (χ0) is 11.4. The molecule has 0 aromatic carbocycles. The number of amides is 1. The van der Waals surface area contributed by atoms with Crippen molar-refractivity contribution in [1.29, 1.82) is 0 Å². The molecule has 0 radical (unpaired) electrons. The van der Waals surface area contributed by atoms with Crippen molar-refractivity contribution in [2.45, 2.75) is 6.04 Å². The molecule has 9 heteroatoms. The molecule has 1 rings (SSSR count). The molecular weight excluding hydrogens is 208 g/mol. The Morgan fingerprint density at radius 2 is 2.20 bits per heavy atom. The van der Waals surface area contributed by atoms with E-state index in [9.17, 15) is 9.59 Å². The Morgan fingerprint density at radius 3 is 2.60 bits per heavy atom. The molecule has 5 N–H and O–H groups in total. The number of aliphatic carboxylic acids is 1. The minimum atomic E-state index is -1.42. The van der Waals surface area contributed by atoms with Crippen molar-refractivity contribution < 1.29 is 24.4 Å². The predicted octanol–water partition coefficient (Wildman–Crippen LogP) is -2.17. The maximum atomic E-state index is 11.3. The summed E-state index contributed by atoms with van der Waals surface area (Å²) in [5.74, 6) is -2.51. The third-order valence-corrected chi connectivity index (χ3v) is 1.51. The molecule has 0 aliphatic rings. The molecule has 0 unspecified atom stereocenters. The van der Waals surface area contributed by atoms with Gasteiger partial charge in [-0.05, 0) is 10.3 Å². The maximum Gasteiger partial charge on any atom is 0.328 e. The molecule has 0 saturated carbocycles. The van der Waals surface area contributed by atoms with Crippen LogP contribution in [0, 0.1) is 0 Å². The van der Waals surface area contributed by atoms with Gasteiger partial charge in [0.05, 0.1) is 6.61 Å². The summed E-state index contributed by atoms with van der Waals surface area (Å²) in [7, 11) is 0. The lowest BCUT2D eigenvalue weighted by Crippen LogP contribution is -2.43. The molecule has 15 heavy (non-hydrogen) atoms. The van der Waals surface area contributed by atoms with Crippen LogP contribution in [-0.4, -0.2) is 45.1 Å². The molecule has 0 saturated heterocycles. The van der Waals surface area contributed by atoms with Gasteiger partial charge in [0.25, 0.3) is 5.91 Å². The zero-order valence-electron chi connectivity index (χ0n) is 7.38. The van der Waals surface area contributed by atoms with Crippen LogP contribution in [0.4, 0.5) is 5.82 Å². The Morgan fingerprint density at radius 1 is 1.53 bits per heavy atom. The third-order valence-electron chi connectivity index (χ3n) is 1.51. The maximum absolute atomic E-state index is 11.3. The van der Waals surface area contributed by atoms with Crippen molar-refractivity contribution in [3.63, 3.8) is 0 Å². The van der Waals surface area contributed by atoms with E-state index in [0.717, 1.165) is 0 Å². The van der Waals surface area contributed by atoms with E-state index in [1.165, 1.54) is 0 Å². The molecule has 0 aliphatic carbocycles. The molecule has 1 aromatic heterocycles. The molecule has 1 heterocycles. The number of aliphatic hydroxyl groups excluding tert-OH is 1. The van der Waals surface area contributed by atoms with Crippen molar-refractivity contribution in [1.82, 2.24) is 15.6 Å². The number of rotatable bonds is 4. The number of anilines is 1. The van der Waals surface area contributed by atoms with Crippen LogP contribution in [0.5, 0.6) is 0 Å². The van der Waals surface area contributed by atoms with Crippen LogP contribution in [0.15, 0.2) is 4.63 Å². The lowest BCUT2D eigenvalue weighted by Gasteiger charge is -2.09. The molecule has 0 aliphatic heterocycles. The van der Waals surface area contributed by atoms with E-state index in [4.69, 9.17) is 15.9 Å². The summed E-state index contributed by atoms with van der Waals surface area (Å²) in [6.07, 6.45) is 0. The predicted molar refractivity (Wildman–Crippen MR) is 44.7 cm³/mol. The summed E-state index contributed by atoms with van der Waals surface area (Å²) in [6.45, 7) is -0.744. The Kier molecular flexibility index (Phi) is 3.18. The van der Waals surface area contributed by atoms with Gasteiger partial charge in [0.1, 0.15) is 0 Å². The van der Waals surface area contributed by atoms with Gasteiger partial charge in [0.15, 0.2) is 6.04 Å². The monoisotopic (exact) mass is 216 g/mol. The van der Waals surface area contributed by atoms with Crippen molar-refractivity contribution in [3.8, 4) is 0 Å². The first-order valence-corrected chi connectivity index (χ1v) is 3.78. The van der Waals surface area contributed by atoms with Gasteiger partial charge in [-0.1, -0.05) is 0 Å². The van der Waals surface area contributed by atoms with E-state index in [1.807, 2.05) is 5.32 Å². The number of aromatic nitrogens is 2. The molecule has 0 bridgehead atoms. The van der Waals surface area contributed by atoms with Gasteiger partial charge in [-0.25, -0.2) is 9.42 Å². The largest absolute Gasteiger partial charge is 0.480 e. The number of aliphatic hydroxyl groups is 1. The Bertz CT molecular complexity index is 375. The first kappa shape index (κ1) is 10.9. The Hall–Kier alpha value is -2.16. The zero-order valence-corrected chi connectivity index (χ0v) is 7.38. The average molecular weight is 216 g/mol. The molecule has 0 fully saturated rings. The number of hydrogen-bond donors (Lipinski definition) is 4. The molecular formula is C6H8N4O5. The molecule has 82 valence electrons. The van der Waals surface area contributed by atoms with E-state index < -0.39 is 24.5 Å². The third kappa shape index (κ3) is 2.40. The summed E-state index contributed by atoms with van der Waals surface area (Å²) in [4.78, 5) is 21.7. The lowest BCUT2D eigenvalue weighted by molar-refractivity contribution is -0.140. The van der Waals surface area contributed by atoms with Crippen molar-refractivity contribution in [2.24, 2.45) is 0 Å². The van der Waals surface area contributed by atoms with Gasteiger partial charge >= 0.3 is 5.97 Å². The molecule has 9 nitrogen and oxygen atoms in total. The second-order valence-electron chi connectivity index (χ2n) is 2.54. The van der Waals surface area contributed by atoms with Crippen LogP contribution >= 0.6 is 0 Å². The number of nitrogens with zero attached hydrogens (tertiary/aromatic N) is 2. The van der Waals surface area contributed by atoms with Gasteiger partial charge in [0.2, 0.25) is 11.5 Å². The number of hydrogen-bond acceptors (Lipinski definition) is 7. The number of carbonyl (C=O) groups excluding carboxylic acids is 1. The van der Waals surface area contributed by atoms with Crippen LogP contribution in [0.1, 0.15) is 10.5 Å².